The predicted octanol–water partition coefficient (Wildman–Crippen LogP) is 1.49. The van der Waals surface area contributed by atoms with Gasteiger partial charge in [-0.25, -0.2) is 0 Å². The lowest BCUT2D eigenvalue weighted by Crippen LogP contribution is -2.27. The van der Waals surface area contributed by atoms with Crippen LogP contribution in [0.5, 0.6) is 0 Å². The molecule has 9 nitrogen and oxygen atoms in total. The fraction of sp³-hybridized carbons (Fsp3) is 0.429. The Morgan fingerprint density at radius 3 is 2.46 bits per heavy atom. The minimum absolute atomic E-state index is 0.0546. The van der Waals surface area contributed by atoms with Crippen molar-refractivity contribution < 1.29 is 0 Å². The lowest BCUT2D eigenvalue weighted by molar-refractivity contribution is 0.285. The molecule has 0 aliphatic rings. The van der Waals surface area contributed by atoms with E-state index in [0.29, 0.717) is 0 Å². The molecule has 0 fully saturated rings. The summed E-state index contributed by atoms with van der Waals surface area (Å²) in [6.07, 6.45) is 3.53. The van der Waals surface area contributed by atoms with Crippen LogP contribution in [0, 0.1) is 5.41 Å². The van der Waals surface area contributed by atoms with Crippen molar-refractivity contribution >= 4 is 40.0 Å². The van der Waals surface area contributed by atoms with Crippen LogP contribution in [0.2, 0.25) is 0 Å². The van der Waals surface area contributed by atoms with Crippen molar-refractivity contribution in [1.29, 1.82) is 5.41 Å². The zero-order chi connectivity index (χ0) is 17.7. The van der Waals surface area contributed by atoms with Gasteiger partial charge in [0.25, 0.3) is 0 Å². The number of hydrogen-bond donors (Lipinski definition) is 4. The number of halogens is 1. The smallest absolute Gasteiger partial charge is 0.231 e. The van der Waals surface area contributed by atoms with E-state index in [1.54, 1.807) is 6.20 Å². The summed E-state index contributed by atoms with van der Waals surface area (Å²) in [5.74, 6) is 0.341. The van der Waals surface area contributed by atoms with Crippen molar-refractivity contribution in [1.82, 2.24) is 24.6 Å². The van der Waals surface area contributed by atoms with Crippen LogP contribution in [0.3, 0.4) is 0 Å². The van der Waals surface area contributed by atoms with Crippen molar-refractivity contribution in [2.45, 2.75) is 20.4 Å². The van der Waals surface area contributed by atoms with Crippen LogP contribution in [0.4, 0.5) is 23.3 Å². The van der Waals surface area contributed by atoms with Crippen LogP contribution in [0.25, 0.3) is 0 Å². The van der Waals surface area contributed by atoms with Crippen LogP contribution in [-0.4, -0.2) is 49.5 Å². The van der Waals surface area contributed by atoms with Gasteiger partial charge in [0.15, 0.2) is 0 Å². The molecule has 2 aromatic rings. The second-order valence-electron chi connectivity index (χ2n) is 5.15. The number of anilines is 4. The standard InChI is InChI=1S/C14H22ClN9/c1-3-23(4-2)5-6-24-8-9(7-19-24)20-14-21-12(17)10(11(15)16)13(18)22-14/h7-8,16H,3-6H2,1-2H3,(H5,17,18,20,21,22). The molecule has 0 amide bonds. The highest BCUT2D eigenvalue weighted by molar-refractivity contribution is 6.69. The molecule has 6 N–H and O–H groups in total. The first-order chi connectivity index (χ1) is 11.4. The van der Waals surface area contributed by atoms with Gasteiger partial charge in [-0.05, 0) is 13.1 Å². The topological polar surface area (TPSA) is 135 Å². The summed E-state index contributed by atoms with van der Waals surface area (Å²) in [5, 5.41) is 14.4. The predicted molar refractivity (Wildman–Crippen MR) is 96.8 cm³/mol. The van der Waals surface area contributed by atoms with Crippen molar-refractivity contribution in [3.05, 3.63) is 18.0 Å². The third-order valence-electron chi connectivity index (χ3n) is 3.61. The molecule has 0 unspecified atom stereocenters. The Balaban J connectivity index is 2.06. The summed E-state index contributed by atoms with van der Waals surface area (Å²) in [4.78, 5) is 10.4. The molecule has 0 aromatic carbocycles. The largest absolute Gasteiger partial charge is 0.383 e. The molecule has 2 aromatic heterocycles. The van der Waals surface area contributed by atoms with Crippen LogP contribution in [-0.2, 0) is 6.54 Å². The van der Waals surface area contributed by atoms with E-state index in [4.69, 9.17) is 28.5 Å². The summed E-state index contributed by atoms with van der Waals surface area (Å²) < 4.78 is 1.84. The second-order valence-corrected chi connectivity index (χ2v) is 5.53. The van der Waals surface area contributed by atoms with E-state index in [0.717, 1.165) is 31.9 Å². The lowest BCUT2D eigenvalue weighted by atomic mass is 10.3. The fourth-order valence-corrected chi connectivity index (χ4v) is 2.43. The van der Waals surface area contributed by atoms with Gasteiger partial charge >= 0.3 is 0 Å². The molecule has 0 radical (unpaired) electrons. The normalized spacial score (nSPS) is 11.0. The molecule has 0 saturated carbocycles. The van der Waals surface area contributed by atoms with Gasteiger partial charge in [-0.3, -0.25) is 10.1 Å². The van der Waals surface area contributed by atoms with Crippen LogP contribution in [0.15, 0.2) is 12.4 Å². The molecule has 0 aliphatic heterocycles. The maximum atomic E-state index is 7.41. The van der Waals surface area contributed by atoms with E-state index >= 15 is 0 Å². The molecular formula is C14H22ClN9. The average Bonchev–Trinajstić information content (AvgIpc) is 2.94. The fourth-order valence-electron chi connectivity index (χ4n) is 2.24. The number of aromatic nitrogens is 4. The molecule has 10 heteroatoms. The van der Waals surface area contributed by atoms with E-state index < -0.39 is 0 Å². The molecule has 2 heterocycles. The Morgan fingerprint density at radius 2 is 1.92 bits per heavy atom. The highest BCUT2D eigenvalue weighted by Gasteiger charge is 2.13. The average molecular weight is 352 g/mol. The molecule has 0 bridgehead atoms. The van der Waals surface area contributed by atoms with Crippen LogP contribution < -0.4 is 16.8 Å². The maximum absolute atomic E-state index is 7.41. The SMILES string of the molecule is CCN(CC)CCn1cc(Nc2nc(N)c(C(=N)Cl)c(N)n2)cn1. The van der Waals surface area contributed by atoms with E-state index in [-0.39, 0.29) is 28.3 Å². The molecule has 24 heavy (non-hydrogen) atoms. The summed E-state index contributed by atoms with van der Waals surface area (Å²) in [5.41, 5.74) is 12.4. The Bertz CT molecular complexity index is 685. The number of likely N-dealkylation sites (N-methyl/N-ethyl adjacent to an activating group) is 1. The van der Waals surface area contributed by atoms with Crippen LogP contribution >= 0.6 is 11.6 Å². The monoisotopic (exact) mass is 351 g/mol. The molecule has 0 aliphatic carbocycles. The molecule has 0 atom stereocenters. The van der Waals surface area contributed by atoms with Crippen LogP contribution in [0.1, 0.15) is 19.4 Å². The minimum Gasteiger partial charge on any atom is -0.383 e. The van der Waals surface area contributed by atoms with Gasteiger partial charge in [-0.1, -0.05) is 25.4 Å². The summed E-state index contributed by atoms with van der Waals surface area (Å²) in [6, 6.07) is 0. The molecule has 2 rings (SSSR count). The number of nitrogens with two attached hydrogens (primary N) is 2. The van der Waals surface area contributed by atoms with E-state index in [1.807, 2.05) is 10.9 Å². The number of nitrogens with zero attached hydrogens (tertiary/aromatic N) is 5. The lowest BCUT2D eigenvalue weighted by Gasteiger charge is -2.17. The number of nitrogens with one attached hydrogen (secondary N) is 2. The van der Waals surface area contributed by atoms with E-state index in [9.17, 15) is 0 Å². The summed E-state index contributed by atoms with van der Waals surface area (Å²) in [7, 11) is 0. The molecule has 0 spiro atoms. The first-order valence-corrected chi connectivity index (χ1v) is 8.01. The van der Waals surface area contributed by atoms with Crippen molar-refractivity contribution in [2.75, 3.05) is 36.4 Å². The highest BCUT2D eigenvalue weighted by atomic mass is 35.5. The first kappa shape index (κ1) is 18.0. The number of nitrogen functional groups attached to an aromatic ring is 2. The zero-order valence-corrected chi connectivity index (χ0v) is 14.5. The highest BCUT2D eigenvalue weighted by Crippen LogP contribution is 2.21. The minimum atomic E-state index is -0.291. The summed E-state index contributed by atoms with van der Waals surface area (Å²) in [6.45, 7) is 8.01. The van der Waals surface area contributed by atoms with Gasteiger partial charge in [0, 0.05) is 12.7 Å². The van der Waals surface area contributed by atoms with Gasteiger partial charge in [0.2, 0.25) is 5.95 Å². The molecule has 130 valence electrons. The Morgan fingerprint density at radius 1 is 1.29 bits per heavy atom. The third kappa shape index (κ3) is 4.33. The zero-order valence-electron chi connectivity index (χ0n) is 13.8. The molecule has 0 saturated heterocycles. The Kier molecular flexibility index (Phi) is 5.93. The van der Waals surface area contributed by atoms with Gasteiger partial charge in [0.05, 0.1) is 24.0 Å². The second kappa shape index (κ2) is 7.93. The van der Waals surface area contributed by atoms with E-state index in [1.165, 1.54) is 0 Å². The first-order valence-electron chi connectivity index (χ1n) is 7.63. The Labute approximate surface area is 145 Å². The van der Waals surface area contributed by atoms with Gasteiger partial charge in [-0.2, -0.15) is 15.1 Å². The van der Waals surface area contributed by atoms with Gasteiger partial charge in [0.1, 0.15) is 16.8 Å². The third-order valence-corrected chi connectivity index (χ3v) is 3.80. The number of hydrogen-bond acceptors (Lipinski definition) is 8. The van der Waals surface area contributed by atoms with E-state index in [2.05, 4.69) is 39.1 Å². The van der Waals surface area contributed by atoms with Crippen molar-refractivity contribution in [2.24, 2.45) is 0 Å². The van der Waals surface area contributed by atoms with Gasteiger partial charge in [-0.15, -0.1) is 0 Å². The van der Waals surface area contributed by atoms with Crippen molar-refractivity contribution in [3.8, 4) is 0 Å². The molecular weight excluding hydrogens is 330 g/mol. The summed E-state index contributed by atoms with van der Waals surface area (Å²) >= 11 is 5.62. The van der Waals surface area contributed by atoms with Crippen molar-refractivity contribution in [3.63, 3.8) is 0 Å². The quantitative estimate of drug-likeness (QED) is 0.529. The maximum Gasteiger partial charge on any atom is 0.231 e. The van der Waals surface area contributed by atoms with Gasteiger partial charge < -0.3 is 21.7 Å². The Hall–Kier alpha value is -2.39. The number of rotatable bonds is 8.